The highest BCUT2D eigenvalue weighted by Crippen LogP contribution is 2.34. The van der Waals surface area contributed by atoms with Gasteiger partial charge < -0.3 is 19.7 Å². The lowest BCUT2D eigenvalue weighted by Gasteiger charge is -2.13. The van der Waals surface area contributed by atoms with Gasteiger partial charge in [-0.2, -0.15) is 0 Å². The molecule has 0 radical (unpaired) electrons. The van der Waals surface area contributed by atoms with Crippen molar-refractivity contribution in [3.8, 4) is 11.5 Å². The van der Waals surface area contributed by atoms with Gasteiger partial charge in [-0.15, -0.1) is 0 Å². The zero-order valence-corrected chi connectivity index (χ0v) is 9.14. The summed E-state index contributed by atoms with van der Waals surface area (Å²) in [4.78, 5) is 11.0. The number of rotatable bonds is 4. The maximum atomic E-state index is 11.0. The fourth-order valence-corrected chi connectivity index (χ4v) is 1.32. The van der Waals surface area contributed by atoms with Gasteiger partial charge in [-0.25, -0.2) is 0 Å². The first kappa shape index (κ1) is 12.3. The number of phenolic OH excluding ortho intramolecular Hbond substituents is 1. The molecule has 0 aliphatic carbocycles. The number of carbonyl (C=O) groups excluding carboxylic acids is 1. The molecule has 0 bridgehead atoms. The van der Waals surface area contributed by atoms with Gasteiger partial charge in [-0.05, 0) is 6.07 Å². The van der Waals surface area contributed by atoms with Crippen molar-refractivity contribution in [2.24, 2.45) is 0 Å². The number of hydrogen-bond donors (Lipinski definition) is 2. The molecule has 0 aliphatic rings. The van der Waals surface area contributed by atoms with Crippen LogP contribution in [-0.4, -0.2) is 30.4 Å². The molecule has 2 N–H and O–H groups in total. The molecular weight excluding hydrogens is 212 g/mol. The van der Waals surface area contributed by atoms with Crippen LogP contribution in [0.2, 0.25) is 0 Å². The average Bonchev–Trinajstić information content (AvgIpc) is 2.29. The van der Waals surface area contributed by atoms with Crippen LogP contribution in [0.15, 0.2) is 18.2 Å². The van der Waals surface area contributed by atoms with Crippen LogP contribution in [0, 0.1) is 0 Å². The Morgan fingerprint density at radius 1 is 1.44 bits per heavy atom. The van der Waals surface area contributed by atoms with Gasteiger partial charge in [0.2, 0.25) is 0 Å². The maximum Gasteiger partial charge on any atom is 0.308 e. The summed E-state index contributed by atoms with van der Waals surface area (Å²) in [6.07, 6.45) is -1.32. The summed E-state index contributed by atoms with van der Waals surface area (Å²) >= 11 is 0. The number of hydrogen-bond acceptors (Lipinski definition) is 5. The van der Waals surface area contributed by atoms with Crippen molar-refractivity contribution < 1.29 is 24.5 Å². The van der Waals surface area contributed by atoms with E-state index in [2.05, 4.69) is 4.74 Å². The molecule has 0 aliphatic heterocycles. The fraction of sp³-hybridized carbons (Fsp3) is 0.364. The lowest BCUT2D eigenvalue weighted by molar-refractivity contribution is -0.142. The van der Waals surface area contributed by atoms with Crippen LogP contribution in [-0.2, 0) is 9.53 Å². The Hall–Kier alpha value is -1.75. The molecule has 5 nitrogen and oxygen atoms in total. The molecule has 0 saturated carbocycles. The third-order valence-corrected chi connectivity index (χ3v) is 2.20. The standard InChI is InChI=1S/C11H14O5/c1-15-9-5-3-4-7(11(9)14)8(12)6-10(13)16-2/h3-5,8,12,14H,6H2,1-2H3/t8-/m1/s1. The monoisotopic (exact) mass is 226 g/mol. The van der Waals surface area contributed by atoms with Crippen LogP contribution < -0.4 is 4.74 Å². The van der Waals surface area contributed by atoms with Gasteiger partial charge in [0.15, 0.2) is 11.5 Å². The quantitative estimate of drug-likeness (QED) is 0.749. The van der Waals surface area contributed by atoms with E-state index < -0.39 is 12.1 Å². The predicted molar refractivity (Wildman–Crippen MR) is 56.3 cm³/mol. The number of esters is 1. The highest BCUT2D eigenvalue weighted by molar-refractivity contribution is 5.70. The van der Waals surface area contributed by atoms with Gasteiger partial charge in [0.1, 0.15) is 0 Å². The third-order valence-electron chi connectivity index (χ3n) is 2.20. The number of para-hydroxylation sites is 1. The molecule has 0 saturated heterocycles. The maximum absolute atomic E-state index is 11.0. The number of aliphatic hydroxyl groups is 1. The summed E-state index contributed by atoms with van der Waals surface area (Å²) < 4.78 is 9.32. The summed E-state index contributed by atoms with van der Waals surface area (Å²) in [5.74, 6) is -0.461. The normalized spacial score (nSPS) is 11.9. The van der Waals surface area contributed by atoms with Crippen molar-refractivity contribution in [3.63, 3.8) is 0 Å². The fourth-order valence-electron chi connectivity index (χ4n) is 1.32. The second kappa shape index (κ2) is 5.37. The molecule has 1 atom stereocenters. The van der Waals surface area contributed by atoms with Crippen molar-refractivity contribution in [3.05, 3.63) is 23.8 Å². The molecule has 1 aromatic carbocycles. The summed E-state index contributed by atoms with van der Waals surface area (Å²) in [6, 6.07) is 4.70. The van der Waals surface area contributed by atoms with Crippen molar-refractivity contribution in [2.45, 2.75) is 12.5 Å². The summed E-state index contributed by atoms with van der Waals surface area (Å²) in [5.41, 5.74) is 0.241. The minimum atomic E-state index is -1.11. The van der Waals surface area contributed by atoms with Crippen LogP contribution in [0.4, 0.5) is 0 Å². The van der Waals surface area contributed by atoms with E-state index in [9.17, 15) is 15.0 Å². The zero-order valence-electron chi connectivity index (χ0n) is 9.14. The van der Waals surface area contributed by atoms with E-state index >= 15 is 0 Å². The van der Waals surface area contributed by atoms with Crippen molar-refractivity contribution >= 4 is 5.97 Å². The highest BCUT2D eigenvalue weighted by Gasteiger charge is 2.18. The Labute approximate surface area is 93.2 Å². The predicted octanol–water partition coefficient (Wildman–Crippen LogP) is 0.997. The molecule has 0 fully saturated rings. The van der Waals surface area contributed by atoms with E-state index in [1.54, 1.807) is 12.1 Å². The molecular formula is C11H14O5. The lowest BCUT2D eigenvalue weighted by Crippen LogP contribution is -2.08. The third kappa shape index (κ3) is 2.64. The van der Waals surface area contributed by atoms with E-state index in [0.717, 1.165) is 0 Å². The van der Waals surface area contributed by atoms with Crippen LogP contribution in [0.25, 0.3) is 0 Å². The molecule has 0 aromatic heterocycles. The van der Waals surface area contributed by atoms with Crippen molar-refractivity contribution in [1.82, 2.24) is 0 Å². The zero-order chi connectivity index (χ0) is 12.1. The number of benzene rings is 1. The van der Waals surface area contributed by atoms with Gasteiger partial charge in [0, 0.05) is 5.56 Å². The van der Waals surface area contributed by atoms with Gasteiger partial charge >= 0.3 is 5.97 Å². The van der Waals surface area contributed by atoms with Crippen LogP contribution in [0.5, 0.6) is 11.5 Å². The van der Waals surface area contributed by atoms with E-state index in [4.69, 9.17) is 4.74 Å². The van der Waals surface area contributed by atoms with Crippen LogP contribution in [0.3, 0.4) is 0 Å². The molecule has 1 rings (SSSR count). The number of ether oxygens (including phenoxy) is 2. The number of carbonyl (C=O) groups is 1. The first-order valence-corrected chi connectivity index (χ1v) is 4.71. The van der Waals surface area contributed by atoms with Gasteiger partial charge in [-0.3, -0.25) is 4.79 Å². The van der Waals surface area contributed by atoms with Gasteiger partial charge in [0.05, 0.1) is 26.7 Å². The Kier molecular flexibility index (Phi) is 4.13. The number of aromatic hydroxyl groups is 1. The van der Waals surface area contributed by atoms with E-state index in [1.807, 2.05) is 0 Å². The number of phenols is 1. The van der Waals surface area contributed by atoms with Crippen molar-refractivity contribution in [2.75, 3.05) is 14.2 Å². The summed E-state index contributed by atoms with van der Waals surface area (Å²) in [7, 11) is 2.64. The Bertz CT molecular complexity index is 375. The highest BCUT2D eigenvalue weighted by atomic mass is 16.5. The first-order valence-electron chi connectivity index (χ1n) is 4.71. The molecule has 16 heavy (non-hydrogen) atoms. The molecule has 0 heterocycles. The SMILES string of the molecule is COC(=O)C[C@@H](O)c1cccc(OC)c1O. The van der Waals surface area contributed by atoms with Crippen LogP contribution in [0.1, 0.15) is 18.1 Å². The molecule has 1 aromatic rings. The topological polar surface area (TPSA) is 76.0 Å². The molecule has 88 valence electrons. The molecule has 0 amide bonds. The molecule has 0 spiro atoms. The second-order valence-corrected chi connectivity index (χ2v) is 3.19. The van der Waals surface area contributed by atoms with E-state index in [1.165, 1.54) is 20.3 Å². The van der Waals surface area contributed by atoms with Crippen molar-refractivity contribution in [1.29, 1.82) is 0 Å². The minimum absolute atomic E-state index is 0.165. The second-order valence-electron chi connectivity index (χ2n) is 3.19. The first-order chi connectivity index (χ1) is 7.60. The summed E-state index contributed by atoms with van der Waals surface area (Å²) in [5, 5.41) is 19.4. The average molecular weight is 226 g/mol. The molecule has 0 unspecified atom stereocenters. The Balaban J connectivity index is 2.91. The number of aliphatic hydroxyl groups excluding tert-OH is 1. The van der Waals surface area contributed by atoms with Crippen LogP contribution >= 0.6 is 0 Å². The Morgan fingerprint density at radius 3 is 2.69 bits per heavy atom. The number of methoxy groups -OCH3 is 2. The molecule has 5 heteroatoms. The largest absolute Gasteiger partial charge is 0.504 e. The van der Waals surface area contributed by atoms with Gasteiger partial charge in [-0.1, -0.05) is 12.1 Å². The van der Waals surface area contributed by atoms with Gasteiger partial charge in [0.25, 0.3) is 0 Å². The van der Waals surface area contributed by atoms with E-state index in [0.29, 0.717) is 0 Å². The lowest BCUT2D eigenvalue weighted by atomic mass is 10.1. The summed E-state index contributed by atoms with van der Waals surface area (Å²) in [6.45, 7) is 0. The minimum Gasteiger partial charge on any atom is -0.504 e. The Morgan fingerprint density at radius 2 is 2.12 bits per heavy atom. The van der Waals surface area contributed by atoms with E-state index in [-0.39, 0.29) is 23.5 Å². The smallest absolute Gasteiger partial charge is 0.308 e.